The average Bonchev–Trinajstić information content (AvgIpc) is 3.14. The molecule has 116 valence electrons. The molecule has 1 aromatic heterocycles. The van der Waals surface area contributed by atoms with E-state index in [-0.39, 0.29) is 0 Å². The smallest absolute Gasteiger partial charge is 0.412 e. The van der Waals surface area contributed by atoms with Crippen LogP contribution in [0.25, 0.3) is 11.4 Å². The molecule has 3 rings (SSSR count). The highest BCUT2D eigenvalue weighted by atomic mass is 16.6. The minimum Gasteiger partial charge on any atom is -0.444 e. The third-order valence-corrected chi connectivity index (χ3v) is 3.15. The summed E-state index contributed by atoms with van der Waals surface area (Å²) >= 11 is 0. The van der Waals surface area contributed by atoms with Gasteiger partial charge in [-0.25, -0.2) is 9.48 Å². The van der Waals surface area contributed by atoms with Crippen molar-refractivity contribution >= 4 is 11.8 Å². The summed E-state index contributed by atoms with van der Waals surface area (Å²) in [6, 6.07) is 7.82. The van der Waals surface area contributed by atoms with Crippen LogP contribution in [0.15, 0.2) is 24.3 Å². The molecule has 7 nitrogen and oxygen atoms in total. The number of carbonyl (C=O) groups is 1. The maximum Gasteiger partial charge on any atom is 0.412 e. The number of benzene rings is 1. The molecule has 22 heavy (non-hydrogen) atoms. The first kappa shape index (κ1) is 14.5. The summed E-state index contributed by atoms with van der Waals surface area (Å²) in [7, 11) is 0. The summed E-state index contributed by atoms with van der Waals surface area (Å²) in [5.41, 5.74) is 0.986. The number of tetrazole rings is 1. The van der Waals surface area contributed by atoms with E-state index in [1.165, 1.54) is 0 Å². The summed E-state index contributed by atoms with van der Waals surface area (Å²) < 4.78 is 7.09. The van der Waals surface area contributed by atoms with E-state index in [1.807, 2.05) is 43.7 Å². The van der Waals surface area contributed by atoms with Crippen LogP contribution in [0, 0.1) is 0 Å². The summed E-state index contributed by atoms with van der Waals surface area (Å²) in [6.07, 6.45) is 1.73. The summed E-state index contributed by atoms with van der Waals surface area (Å²) in [5.74, 6) is 0.718. The molecule has 1 aliphatic rings. The molecule has 1 saturated carbocycles. The van der Waals surface area contributed by atoms with E-state index in [0.717, 1.165) is 24.2 Å². The molecule has 0 radical (unpaired) electrons. The Morgan fingerprint density at radius 2 is 2.14 bits per heavy atom. The SMILES string of the molecule is CC(C)(C)OC(=O)Nc1cccc(-c2nnnn2C2CC2)c1. The van der Waals surface area contributed by atoms with E-state index >= 15 is 0 Å². The van der Waals surface area contributed by atoms with Crippen LogP contribution in [0.1, 0.15) is 39.7 Å². The second kappa shape index (κ2) is 5.40. The predicted octanol–water partition coefficient (Wildman–Crippen LogP) is 3.02. The lowest BCUT2D eigenvalue weighted by Crippen LogP contribution is -2.27. The number of anilines is 1. The van der Waals surface area contributed by atoms with Gasteiger partial charge in [-0.1, -0.05) is 12.1 Å². The number of nitrogens with one attached hydrogen (secondary N) is 1. The van der Waals surface area contributed by atoms with Crippen molar-refractivity contribution in [2.45, 2.75) is 45.3 Å². The van der Waals surface area contributed by atoms with Gasteiger partial charge >= 0.3 is 6.09 Å². The molecule has 1 fully saturated rings. The van der Waals surface area contributed by atoms with Crippen LogP contribution in [-0.2, 0) is 4.74 Å². The minimum atomic E-state index is -0.530. The van der Waals surface area contributed by atoms with Gasteiger partial charge in [0, 0.05) is 11.3 Å². The summed E-state index contributed by atoms with van der Waals surface area (Å²) in [5, 5.41) is 14.6. The number of rotatable bonds is 3. The molecule has 0 unspecified atom stereocenters. The molecule has 0 aliphatic heterocycles. The Morgan fingerprint density at radius 1 is 1.36 bits per heavy atom. The zero-order chi connectivity index (χ0) is 15.7. The fraction of sp³-hybridized carbons (Fsp3) is 0.467. The minimum absolute atomic E-state index is 0.396. The van der Waals surface area contributed by atoms with Gasteiger partial charge < -0.3 is 4.74 Å². The highest BCUT2D eigenvalue weighted by Crippen LogP contribution is 2.36. The number of nitrogens with zero attached hydrogens (tertiary/aromatic N) is 4. The van der Waals surface area contributed by atoms with Crippen molar-refractivity contribution in [2.24, 2.45) is 0 Å². The van der Waals surface area contributed by atoms with E-state index in [4.69, 9.17) is 4.74 Å². The van der Waals surface area contributed by atoms with E-state index in [0.29, 0.717) is 11.7 Å². The first-order chi connectivity index (χ1) is 10.4. The molecule has 0 bridgehead atoms. The normalized spacial score (nSPS) is 14.7. The molecule has 1 heterocycles. The van der Waals surface area contributed by atoms with Crippen molar-refractivity contribution < 1.29 is 9.53 Å². The van der Waals surface area contributed by atoms with Crippen molar-refractivity contribution in [1.82, 2.24) is 20.2 Å². The molecule has 0 atom stereocenters. The third kappa shape index (κ3) is 3.41. The van der Waals surface area contributed by atoms with Crippen LogP contribution in [0.4, 0.5) is 10.5 Å². The maximum atomic E-state index is 11.8. The van der Waals surface area contributed by atoms with Gasteiger partial charge in [0.1, 0.15) is 5.60 Å². The zero-order valence-electron chi connectivity index (χ0n) is 12.9. The fourth-order valence-electron chi connectivity index (χ4n) is 2.11. The molecule has 0 spiro atoms. The quantitative estimate of drug-likeness (QED) is 0.942. The van der Waals surface area contributed by atoms with Crippen molar-refractivity contribution in [3.8, 4) is 11.4 Å². The predicted molar refractivity (Wildman–Crippen MR) is 81.4 cm³/mol. The molecular weight excluding hydrogens is 282 g/mol. The Balaban J connectivity index is 1.78. The number of ether oxygens (including phenoxy) is 1. The fourth-order valence-corrected chi connectivity index (χ4v) is 2.11. The van der Waals surface area contributed by atoms with Gasteiger partial charge in [-0.15, -0.1) is 5.10 Å². The molecule has 0 saturated heterocycles. The summed E-state index contributed by atoms with van der Waals surface area (Å²) in [4.78, 5) is 11.8. The van der Waals surface area contributed by atoms with E-state index in [9.17, 15) is 4.79 Å². The molecule has 1 aromatic carbocycles. The Morgan fingerprint density at radius 3 is 2.82 bits per heavy atom. The van der Waals surface area contributed by atoms with Gasteiger partial charge in [0.25, 0.3) is 0 Å². The van der Waals surface area contributed by atoms with Crippen LogP contribution in [-0.4, -0.2) is 31.9 Å². The first-order valence-electron chi connectivity index (χ1n) is 7.31. The Bertz CT molecular complexity index is 685. The molecular formula is C15H19N5O2. The van der Waals surface area contributed by atoms with Crippen LogP contribution in [0.3, 0.4) is 0 Å². The lowest BCUT2D eigenvalue weighted by atomic mass is 10.2. The Hall–Kier alpha value is -2.44. The monoisotopic (exact) mass is 301 g/mol. The number of hydrogen-bond donors (Lipinski definition) is 1. The average molecular weight is 301 g/mol. The summed E-state index contributed by atoms with van der Waals surface area (Å²) in [6.45, 7) is 5.48. The Labute approximate surface area is 128 Å². The van der Waals surface area contributed by atoms with Crippen LogP contribution < -0.4 is 5.32 Å². The van der Waals surface area contributed by atoms with Gasteiger partial charge in [-0.3, -0.25) is 5.32 Å². The second-order valence-corrected chi connectivity index (χ2v) is 6.39. The van der Waals surface area contributed by atoms with Gasteiger partial charge in [-0.2, -0.15) is 0 Å². The molecule has 1 N–H and O–H groups in total. The van der Waals surface area contributed by atoms with E-state index in [1.54, 1.807) is 6.07 Å². The highest BCUT2D eigenvalue weighted by Gasteiger charge is 2.28. The standard InChI is InChI=1S/C15H19N5O2/c1-15(2,3)22-14(21)16-11-6-4-5-10(9-11)13-17-18-19-20(13)12-7-8-12/h4-6,9,12H,7-8H2,1-3H3,(H,16,21). The molecule has 1 aliphatic carbocycles. The zero-order valence-corrected chi connectivity index (χ0v) is 12.9. The number of amides is 1. The van der Waals surface area contributed by atoms with Crippen molar-refractivity contribution in [1.29, 1.82) is 0 Å². The number of hydrogen-bond acceptors (Lipinski definition) is 5. The number of aromatic nitrogens is 4. The van der Waals surface area contributed by atoms with Gasteiger partial charge in [0.15, 0.2) is 5.82 Å². The van der Waals surface area contributed by atoms with Crippen molar-refractivity contribution in [3.63, 3.8) is 0 Å². The maximum absolute atomic E-state index is 11.8. The van der Waals surface area contributed by atoms with Gasteiger partial charge in [0.2, 0.25) is 0 Å². The first-order valence-corrected chi connectivity index (χ1v) is 7.31. The number of carbonyl (C=O) groups excluding carboxylic acids is 1. The molecule has 1 amide bonds. The molecule has 2 aromatic rings. The van der Waals surface area contributed by atoms with Crippen molar-refractivity contribution in [2.75, 3.05) is 5.32 Å². The lowest BCUT2D eigenvalue weighted by molar-refractivity contribution is 0.0636. The van der Waals surface area contributed by atoms with Crippen LogP contribution in [0.2, 0.25) is 0 Å². The third-order valence-electron chi connectivity index (χ3n) is 3.15. The van der Waals surface area contributed by atoms with Gasteiger partial charge in [-0.05, 0) is 56.2 Å². The van der Waals surface area contributed by atoms with Crippen LogP contribution in [0.5, 0.6) is 0 Å². The van der Waals surface area contributed by atoms with E-state index in [2.05, 4.69) is 20.8 Å². The second-order valence-electron chi connectivity index (χ2n) is 6.39. The van der Waals surface area contributed by atoms with Gasteiger partial charge in [0.05, 0.1) is 6.04 Å². The Kier molecular flexibility index (Phi) is 3.56. The topological polar surface area (TPSA) is 81.9 Å². The van der Waals surface area contributed by atoms with Crippen LogP contribution >= 0.6 is 0 Å². The molecule has 7 heteroatoms. The lowest BCUT2D eigenvalue weighted by Gasteiger charge is -2.19. The highest BCUT2D eigenvalue weighted by molar-refractivity contribution is 5.85. The largest absolute Gasteiger partial charge is 0.444 e. The van der Waals surface area contributed by atoms with Crippen molar-refractivity contribution in [3.05, 3.63) is 24.3 Å². The van der Waals surface area contributed by atoms with E-state index < -0.39 is 11.7 Å².